The van der Waals surface area contributed by atoms with Crippen LogP contribution in [-0.4, -0.2) is 29.9 Å². The fraction of sp³-hybridized carbons (Fsp3) is 0.0345. The summed E-state index contributed by atoms with van der Waals surface area (Å²) in [5, 5.41) is 0. The van der Waals surface area contributed by atoms with Crippen molar-refractivity contribution in [3.05, 3.63) is 400 Å². The summed E-state index contributed by atoms with van der Waals surface area (Å²) in [5.41, 5.74) is 21.6. The molecule has 0 aliphatic carbocycles. The maximum atomic E-state index is 4.54. The molecule has 0 saturated heterocycles. The summed E-state index contributed by atoms with van der Waals surface area (Å²) < 4.78 is 0. The third-order valence-electron chi connectivity index (χ3n) is 14.4. The summed E-state index contributed by atoms with van der Waals surface area (Å²) >= 11 is 0. The second-order valence-corrected chi connectivity index (χ2v) is 20.9. The van der Waals surface area contributed by atoms with Crippen molar-refractivity contribution in [1.82, 2.24) is 29.9 Å². The van der Waals surface area contributed by atoms with Crippen LogP contribution in [-0.2, 0) is 66.7 Å². The average Bonchev–Trinajstić information content (AvgIpc) is 1.18. The molecule has 9 heteroatoms. The van der Waals surface area contributed by atoms with Gasteiger partial charge in [0.2, 0.25) is 0 Å². The molecule has 0 aliphatic rings. The molecule has 0 spiro atoms. The van der Waals surface area contributed by atoms with Gasteiger partial charge in [0.15, 0.2) is 0 Å². The molecule has 0 amide bonds. The van der Waals surface area contributed by atoms with Gasteiger partial charge < -0.3 is 29.9 Å². The summed E-state index contributed by atoms with van der Waals surface area (Å²) in [4.78, 5) is 26.2. The maximum absolute atomic E-state index is 4.54. The Morgan fingerprint density at radius 2 is 0.479 bits per heavy atom. The van der Waals surface area contributed by atoms with Crippen molar-refractivity contribution in [3.63, 3.8) is 0 Å². The Labute approximate surface area is 606 Å². The van der Waals surface area contributed by atoms with E-state index >= 15 is 0 Å². The number of pyridine rings is 6. The summed E-state index contributed by atoms with van der Waals surface area (Å²) in [5.74, 6) is 0. The molecule has 15 rings (SSSR count). The van der Waals surface area contributed by atoms with Gasteiger partial charge >= 0.3 is 0 Å². The maximum Gasteiger partial charge on any atom is 0.0239 e. The van der Waals surface area contributed by atoms with Crippen LogP contribution < -0.4 is 0 Å². The van der Waals surface area contributed by atoms with E-state index < -0.39 is 0 Å². The quantitative estimate of drug-likeness (QED) is 0.127. The fourth-order valence-corrected chi connectivity index (χ4v) is 9.36. The van der Waals surface area contributed by atoms with Gasteiger partial charge in [0.05, 0.1) is 0 Å². The minimum atomic E-state index is 0. The van der Waals surface area contributed by atoms with Crippen LogP contribution in [0.2, 0.25) is 0 Å². The number of hydrogen-bond acceptors (Lipinski definition) is 6. The minimum absolute atomic E-state index is 0. The van der Waals surface area contributed by atoms with Gasteiger partial charge in [0, 0.05) is 97.5 Å². The van der Waals surface area contributed by atoms with E-state index in [1.807, 2.05) is 249 Å². The van der Waals surface area contributed by atoms with Crippen LogP contribution in [0.15, 0.2) is 353 Å². The molecule has 477 valence electrons. The number of aromatic nitrogens is 6. The molecule has 0 aliphatic heterocycles. The van der Waals surface area contributed by atoms with Crippen molar-refractivity contribution in [2.24, 2.45) is 0 Å². The first kappa shape index (κ1) is 73.2. The van der Waals surface area contributed by atoms with Gasteiger partial charge in [-0.05, 0) is 105 Å². The Kier molecular flexibility index (Phi) is 31.2. The topological polar surface area (TPSA) is 77.3 Å². The summed E-state index contributed by atoms with van der Waals surface area (Å²) in [6.45, 7) is 4.26. The first-order valence-electron chi connectivity index (χ1n) is 30.7. The SMILES string of the molecule is CCc1ccc(-c2ccc(-c3[c-]cccc3)nc2)cc1.Cc1ccc(-c2ccc(-c3[c-]cccc3)nc2)cc1.[Ir].[Ir].[Ir].[c-]1ccccc1-c1ccc(-c2ccccc2)cn1.[c-]1ccccc1-c1ccccn1.[c-]1ccccc1-c1ccccn1.[c-]1ccccc1-c1ccccn1. The average molecular weight is 1770 g/mol. The molecule has 96 heavy (non-hydrogen) atoms. The number of hydrogen-bond donors (Lipinski definition) is 0. The molecule has 6 heterocycles. The molecule has 9 aromatic carbocycles. The van der Waals surface area contributed by atoms with Crippen LogP contribution >= 0.6 is 0 Å². The van der Waals surface area contributed by atoms with Crippen molar-refractivity contribution >= 4 is 0 Å². The van der Waals surface area contributed by atoms with Crippen LogP contribution in [0.4, 0.5) is 0 Å². The summed E-state index contributed by atoms with van der Waals surface area (Å²) in [6, 6.07) is 124. The third-order valence-corrected chi connectivity index (χ3v) is 14.4. The zero-order chi connectivity index (χ0) is 63.8. The van der Waals surface area contributed by atoms with Gasteiger partial charge in [-0.2, -0.15) is 0 Å². The van der Waals surface area contributed by atoms with Crippen molar-refractivity contribution in [1.29, 1.82) is 0 Å². The van der Waals surface area contributed by atoms with Gasteiger partial charge in [0.25, 0.3) is 0 Å². The van der Waals surface area contributed by atoms with Crippen molar-refractivity contribution < 1.29 is 60.3 Å². The molecule has 15 aromatic rings. The molecule has 6 nitrogen and oxygen atoms in total. The standard InChI is InChI=1S/C19H16N.C18H14N.C17H12N.3C11H8N.3Ir/c1-2-15-8-10-16(11-9-15)18-12-13-19(20-14-18)17-6-4-3-5-7-17;1-14-7-9-15(10-8-14)17-11-12-18(19-13-17)16-5-3-2-4-6-16;1-3-7-14(8-4-1)16-11-12-17(18-13-16)15-9-5-2-6-10-15;3*1-2-6-10(7-3-1)11-8-4-5-9-12-11;;;/h3-6,8-14H,2H2,1H3;2-5,7-13H,1H3;1-9,11-13H;3*1-6,8-9H;;;/q6*-1;;;. The Hall–Kier alpha value is -10.2. The third kappa shape index (κ3) is 23.1. The molecule has 0 saturated carbocycles. The van der Waals surface area contributed by atoms with Gasteiger partial charge in [-0.15, -0.1) is 215 Å². The first-order valence-corrected chi connectivity index (χ1v) is 30.7. The van der Waals surface area contributed by atoms with E-state index in [1.165, 1.54) is 27.8 Å². The van der Waals surface area contributed by atoms with E-state index in [-0.39, 0.29) is 60.3 Å². The monoisotopic (exact) mass is 1770 g/mol. The summed E-state index contributed by atoms with van der Waals surface area (Å²) in [7, 11) is 0. The van der Waals surface area contributed by atoms with Crippen LogP contribution in [0.3, 0.4) is 0 Å². The molecule has 0 N–H and O–H groups in total. The Balaban J connectivity index is 0.000000164. The van der Waals surface area contributed by atoms with E-state index in [1.54, 1.807) is 18.6 Å². The second-order valence-electron chi connectivity index (χ2n) is 20.9. The van der Waals surface area contributed by atoms with Crippen LogP contribution in [0.1, 0.15) is 18.1 Å². The van der Waals surface area contributed by atoms with Gasteiger partial charge in [0.1, 0.15) is 0 Å². The normalized spacial score (nSPS) is 9.77. The first-order chi connectivity index (χ1) is 46.0. The molecule has 0 unspecified atom stereocenters. The van der Waals surface area contributed by atoms with Crippen molar-refractivity contribution in [3.8, 4) is 101 Å². The zero-order valence-corrected chi connectivity index (χ0v) is 60.1. The zero-order valence-electron chi connectivity index (χ0n) is 52.9. The van der Waals surface area contributed by atoms with E-state index in [2.05, 4.69) is 165 Å². The molecular weight excluding hydrogens is 1710 g/mol. The van der Waals surface area contributed by atoms with Crippen molar-refractivity contribution in [2.75, 3.05) is 0 Å². The van der Waals surface area contributed by atoms with Crippen LogP contribution in [0.5, 0.6) is 0 Å². The van der Waals surface area contributed by atoms with Crippen LogP contribution in [0.25, 0.3) is 101 Å². The molecule has 3 radical (unpaired) electrons. The molecule has 0 atom stereocenters. The second kappa shape index (κ2) is 40.8. The number of benzene rings is 9. The van der Waals surface area contributed by atoms with Gasteiger partial charge in [-0.1, -0.05) is 164 Å². The molecule has 0 fully saturated rings. The van der Waals surface area contributed by atoms with Crippen molar-refractivity contribution in [2.45, 2.75) is 20.3 Å². The molecular formula is C87H66Ir3N6-6. The van der Waals surface area contributed by atoms with Gasteiger partial charge in [-0.3, -0.25) is 0 Å². The Morgan fingerprint density at radius 3 is 0.719 bits per heavy atom. The Bertz CT molecular complexity index is 4130. The number of aryl methyl sites for hydroxylation is 2. The van der Waals surface area contributed by atoms with E-state index in [9.17, 15) is 0 Å². The number of nitrogens with zero attached hydrogens (tertiary/aromatic N) is 6. The predicted octanol–water partition coefficient (Wildman–Crippen LogP) is 21.2. The van der Waals surface area contributed by atoms with Crippen LogP contribution in [0, 0.1) is 43.3 Å². The van der Waals surface area contributed by atoms with E-state index in [0.717, 1.165) is 90.7 Å². The smallest absolute Gasteiger partial charge is 0.0239 e. The molecule has 0 bridgehead atoms. The Morgan fingerprint density at radius 1 is 0.229 bits per heavy atom. The number of rotatable bonds is 10. The largest absolute Gasteiger partial charge is 0.305 e. The van der Waals surface area contributed by atoms with E-state index in [0.29, 0.717) is 0 Å². The van der Waals surface area contributed by atoms with E-state index in [4.69, 9.17) is 0 Å². The fourth-order valence-electron chi connectivity index (χ4n) is 9.36. The molecule has 6 aromatic heterocycles. The van der Waals surface area contributed by atoms with Gasteiger partial charge in [-0.25, -0.2) is 0 Å². The predicted molar refractivity (Wildman–Crippen MR) is 381 cm³/mol. The summed E-state index contributed by atoms with van der Waals surface area (Å²) in [6.07, 6.45) is 12.2. The minimum Gasteiger partial charge on any atom is -0.305 e.